The molecule has 4 fully saturated rings. The van der Waals surface area contributed by atoms with Crippen molar-refractivity contribution in [2.75, 3.05) is 40.5 Å². The molecule has 3 aliphatic heterocycles. The van der Waals surface area contributed by atoms with E-state index in [1.165, 1.54) is 14.2 Å². The average molecular weight is 891 g/mol. The zero-order chi connectivity index (χ0) is 45.4. The van der Waals surface area contributed by atoms with E-state index in [2.05, 4.69) is 81.3 Å². The van der Waals surface area contributed by atoms with Crippen molar-refractivity contribution < 1.29 is 33.4 Å². The number of alkyl carbamates (subject to hydrolysis) is 2. The largest absolute Gasteiger partial charge is 0.453 e. The molecule has 3 saturated heterocycles. The minimum atomic E-state index is -0.883. The fraction of sp³-hybridized carbons (Fsp3) is 0.373. The number of amides is 4. The van der Waals surface area contributed by atoms with E-state index in [1.807, 2.05) is 47.6 Å². The molecule has 0 bridgehead atoms. The Morgan fingerprint density at radius 3 is 1.98 bits per heavy atom. The lowest BCUT2D eigenvalue weighted by atomic mass is 9.90. The van der Waals surface area contributed by atoms with Crippen LogP contribution in [0.5, 0.6) is 0 Å². The number of likely N-dealkylation sites (tertiary alicyclic amines) is 2. The van der Waals surface area contributed by atoms with Gasteiger partial charge in [-0.2, -0.15) is 0 Å². The van der Waals surface area contributed by atoms with E-state index in [-0.39, 0.29) is 35.2 Å². The van der Waals surface area contributed by atoms with Crippen LogP contribution in [0, 0.1) is 11.3 Å². The number of H-pyrrole nitrogens is 2. The molecule has 10 rings (SSSR count). The molecular formula is C51H54N8O7. The van der Waals surface area contributed by atoms with Crippen LogP contribution in [0.1, 0.15) is 80.3 Å². The standard InChI is InChI=1S/C51H54N8O7/c1-64-49(62)56-43(33-7-4-3-5-8-33)47(60)58-22-6-9-41(58)45-52-29-40(55-45)38-17-16-36-25-35(14-15-37(36)26-38)31-10-12-32(13-11-31)39-28-53-46(54-39)42-27-51(20-21-51)30-59(42)48(61)44(57-50(63)65-2)34-18-23-66-24-19-34/h3-5,7-8,10-17,25-26,28-29,34,41-44H,6,9,18-24,27,30H2,1-2H3,(H,52,55)(H,53,54)(H,56,62)(H,57,63)/t41-,42-,43+,44?/m0/s1. The van der Waals surface area contributed by atoms with E-state index in [9.17, 15) is 19.2 Å². The zero-order valence-electron chi connectivity index (χ0n) is 37.1. The van der Waals surface area contributed by atoms with Crippen molar-refractivity contribution in [3.05, 3.63) is 121 Å². The van der Waals surface area contributed by atoms with E-state index in [0.717, 1.165) is 82.3 Å². The Morgan fingerprint density at radius 2 is 1.30 bits per heavy atom. The van der Waals surface area contributed by atoms with Gasteiger partial charge in [0.05, 0.1) is 50.1 Å². The number of aromatic nitrogens is 4. The lowest BCUT2D eigenvalue weighted by molar-refractivity contribution is -0.137. The first kappa shape index (κ1) is 42.9. The molecule has 15 heteroatoms. The molecule has 4 aromatic carbocycles. The van der Waals surface area contributed by atoms with Crippen LogP contribution in [0.15, 0.2) is 103 Å². The Bertz CT molecular complexity index is 2740. The van der Waals surface area contributed by atoms with Gasteiger partial charge in [0.1, 0.15) is 23.7 Å². The molecule has 2 aromatic heterocycles. The summed E-state index contributed by atoms with van der Waals surface area (Å²) in [6, 6.07) is 28.4. The number of methoxy groups -OCH3 is 2. The van der Waals surface area contributed by atoms with Gasteiger partial charge < -0.3 is 44.6 Å². The van der Waals surface area contributed by atoms with E-state index in [0.29, 0.717) is 50.5 Å². The van der Waals surface area contributed by atoms with E-state index in [4.69, 9.17) is 24.2 Å². The molecule has 66 heavy (non-hydrogen) atoms. The van der Waals surface area contributed by atoms with E-state index in [1.54, 1.807) is 4.90 Å². The number of hydrogen-bond acceptors (Lipinski definition) is 9. The molecule has 4 amide bonds. The number of aromatic amines is 2. The molecule has 4 aliphatic rings. The van der Waals surface area contributed by atoms with Crippen LogP contribution in [0.25, 0.3) is 44.4 Å². The van der Waals surface area contributed by atoms with Crippen LogP contribution in [0.2, 0.25) is 0 Å². The van der Waals surface area contributed by atoms with Crippen LogP contribution >= 0.6 is 0 Å². The van der Waals surface area contributed by atoms with Gasteiger partial charge in [-0.1, -0.05) is 78.9 Å². The monoisotopic (exact) mass is 890 g/mol. The highest BCUT2D eigenvalue weighted by atomic mass is 16.5. The second kappa shape index (κ2) is 18.1. The highest BCUT2D eigenvalue weighted by Gasteiger charge is 2.55. The maximum absolute atomic E-state index is 14.3. The molecule has 1 unspecified atom stereocenters. The molecule has 0 radical (unpaired) electrons. The number of fused-ring (bicyclic) bond motifs is 1. The number of carbonyl (C=O) groups excluding carboxylic acids is 4. The van der Waals surface area contributed by atoms with Crippen molar-refractivity contribution >= 4 is 34.8 Å². The maximum atomic E-state index is 14.3. The molecule has 4 atom stereocenters. The number of nitrogens with one attached hydrogen (secondary N) is 4. The normalized spacial score (nSPS) is 20.0. The van der Waals surface area contributed by atoms with Crippen LogP contribution in [-0.2, 0) is 23.8 Å². The second-order valence-corrected chi connectivity index (χ2v) is 18.1. The second-order valence-electron chi connectivity index (χ2n) is 18.1. The third-order valence-electron chi connectivity index (χ3n) is 14.1. The van der Waals surface area contributed by atoms with Gasteiger partial charge in [0.15, 0.2) is 0 Å². The molecule has 1 aliphatic carbocycles. The molecule has 6 aromatic rings. The summed E-state index contributed by atoms with van der Waals surface area (Å²) in [5.74, 6) is 1.14. The van der Waals surface area contributed by atoms with Crippen LogP contribution in [0.4, 0.5) is 9.59 Å². The number of hydrogen-bond donors (Lipinski definition) is 4. The Labute approximate surface area is 382 Å². The minimum Gasteiger partial charge on any atom is -0.453 e. The van der Waals surface area contributed by atoms with Gasteiger partial charge >= 0.3 is 12.2 Å². The Balaban J connectivity index is 0.822. The smallest absolute Gasteiger partial charge is 0.407 e. The van der Waals surface area contributed by atoms with Gasteiger partial charge in [0, 0.05) is 31.9 Å². The molecule has 1 spiro atoms. The summed E-state index contributed by atoms with van der Waals surface area (Å²) in [6.45, 7) is 2.33. The zero-order valence-corrected chi connectivity index (χ0v) is 37.1. The van der Waals surface area contributed by atoms with Crippen molar-refractivity contribution in [3.8, 4) is 33.6 Å². The van der Waals surface area contributed by atoms with E-state index < -0.39 is 24.3 Å². The Kier molecular flexibility index (Phi) is 11.8. The SMILES string of the molecule is COC(=O)NC(C(=O)N1CC2(CC2)C[C@H]1c1ncc(-c2ccc(-c3ccc4cc(-c5cnc([C@@H]6CCCN6C(=O)[C@H](NC(=O)OC)c6ccccc6)[nH]5)ccc4c3)cc2)[nH]1)C1CCOCC1. The number of ether oxygens (including phenoxy) is 3. The summed E-state index contributed by atoms with van der Waals surface area (Å²) in [4.78, 5) is 73.4. The van der Waals surface area contributed by atoms with E-state index >= 15 is 0 Å². The number of benzene rings is 4. The van der Waals surface area contributed by atoms with Crippen molar-refractivity contribution in [2.45, 2.75) is 69.1 Å². The van der Waals surface area contributed by atoms with Gasteiger partial charge in [-0.05, 0) is 101 Å². The molecule has 5 heterocycles. The fourth-order valence-electron chi connectivity index (χ4n) is 10.2. The fourth-order valence-corrected chi connectivity index (χ4v) is 10.2. The number of imidazole rings is 2. The molecular weight excluding hydrogens is 837 g/mol. The van der Waals surface area contributed by atoms with Gasteiger partial charge in [0.25, 0.3) is 5.91 Å². The average Bonchev–Trinajstić information content (AvgIpc) is 3.90. The van der Waals surface area contributed by atoms with Gasteiger partial charge in [-0.25, -0.2) is 19.6 Å². The van der Waals surface area contributed by atoms with Crippen LogP contribution in [0.3, 0.4) is 0 Å². The van der Waals surface area contributed by atoms with Gasteiger partial charge in [0.2, 0.25) is 5.91 Å². The van der Waals surface area contributed by atoms with Gasteiger partial charge in [-0.15, -0.1) is 0 Å². The number of nitrogens with zero attached hydrogens (tertiary/aromatic N) is 4. The summed E-state index contributed by atoms with van der Waals surface area (Å²) in [7, 11) is 2.61. The molecule has 15 nitrogen and oxygen atoms in total. The number of carbonyl (C=O) groups is 4. The third kappa shape index (κ3) is 8.62. The lowest BCUT2D eigenvalue weighted by Crippen LogP contribution is -2.53. The summed E-state index contributed by atoms with van der Waals surface area (Å²) < 4.78 is 15.3. The highest BCUT2D eigenvalue weighted by Crippen LogP contribution is 2.58. The lowest BCUT2D eigenvalue weighted by Gasteiger charge is -2.34. The third-order valence-corrected chi connectivity index (χ3v) is 14.1. The predicted molar refractivity (Wildman–Crippen MR) is 247 cm³/mol. The topological polar surface area (TPSA) is 184 Å². The maximum Gasteiger partial charge on any atom is 0.407 e. The molecule has 1 saturated carbocycles. The summed E-state index contributed by atoms with van der Waals surface area (Å²) in [6.07, 6.45) is 8.36. The van der Waals surface area contributed by atoms with Crippen LogP contribution < -0.4 is 10.6 Å². The summed E-state index contributed by atoms with van der Waals surface area (Å²) in [5.41, 5.74) is 6.66. The van der Waals surface area contributed by atoms with Crippen molar-refractivity contribution in [3.63, 3.8) is 0 Å². The molecule has 4 N–H and O–H groups in total. The predicted octanol–water partition coefficient (Wildman–Crippen LogP) is 8.25. The van der Waals surface area contributed by atoms with Crippen molar-refractivity contribution in [1.29, 1.82) is 0 Å². The summed E-state index contributed by atoms with van der Waals surface area (Å²) >= 11 is 0. The van der Waals surface area contributed by atoms with Gasteiger partial charge in [-0.3, -0.25) is 9.59 Å². The quantitative estimate of drug-likeness (QED) is 0.0995. The first-order valence-corrected chi connectivity index (χ1v) is 22.9. The summed E-state index contributed by atoms with van der Waals surface area (Å²) in [5, 5.41) is 7.77. The first-order valence-electron chi connectivity index (χ1n) is 22.9. The molecule has 340 valence electrons. The van der Waals surface area contributed by atoms with Crippen LogP contribution in [-0.4, -0.2) is 100 Å². The minimum absolute atomic E-state index is 0.0293. The highest BCUT2D eigenvalue weighted by molar-refractivity contribution is 5.91. The number of rotatable bonds is 11. The Hall–Kier alpha value is -7.00. The van der Waals surface area contributed by atoms with Crippen molar-refractivity contribution in [2.24, 2.45) is 11.3 Å². The Morgan fingerprint density at radius 1 is 0.697 bits per heavy atom. The first-order chi connectivity index (χ1) is 32.2. The van der Waals surface area contributed by atoms with Crippen molar-refractivity contribution in [1.82, 2.24) is 40.4 Å².